The summed E-state index contributed by atoms with van der Waals surface area (Å²) in [7, 11) is 0. The van der Waals surface area contributed by atoms with Crippen LogP contribution >= 0.6 is 11.6 Å². The number of nitrogens with two attached hydrogens (primary N) is 1. The van der Waals surface area contributed by atoms with Crippen LogP contribution in [0.2, 0.25) is 5.02 Å². The zero-order chi connectivity index (χ0) is 15.6. The Morgan fingerprint density at radius 3 is 2.71 bits per heavy atom. The van der Waals surface area contributed by atoms with Gasteiger partial charge in [-0.25, -0.2) is 0 Å². The lowest BCUT2D eigenvalue weighted by atomic mass is 9.98. The molecule has 4 nitrogen and oxygen atoms in total. The monoisotopic (exact) mass is 304 g/mol. The minimum atomic E-state index is -1.03. The first-order chi connectivity index (χ1) is 9.90. The predicted octanol–water partition coefficient (Wildman–Crippen LogP) is 2.97. The van der Waals surface area contributed by atoms with E-state index in [1.54, 1.807) is 6.20 Å². The molecule has 2 aromatic rings. The van der Waals surface area contributed by atoms with Gasteiger partial charge in [-0.3, -0.25) is 9.78 Å². The number of carbonyl (C=O) groups is 1. The maximum absolute atomic E-state index is 10.8. The molecule has 21 heavy (non-hydrogen) atoms. The van der Waals surface area contributed by atoms with Crippen LogP contribution in [0.15, 0.2) is 30.5 Å². The Bertz CT molecular complexity index is 686. The second kappa shape index (κ2) is 6.24. The van der Waals surface area contributed by atoms with Crippen molar-refractivity contribution < 1.29 is 9.90 Å². The predicted molar refractivity (Wildman–Crippen MR) is 83.5 cm³/mol. The molecule has 1 atom stereocenters. The van der Waals surface area contributed by atoms with Crippen molar-refractivity contribution in [2.75, 3.05) is 0 Å². The Hall–Kier alpha value is -1.91. The topological polar surface area (TPSA) is 76.2 Å². The molecule has 1 heterocycles. The molecule has 0 radical (unpaired) electrons. The number of aryl methyl sites for hydroxylation is 1. The van der Waals surface area contributed by atoms with Crippen LogP contribution in [0.5, 0.6) is 0 Å². The van der Waals surface area contributed by atoms with Gasteiger partial charge in [0.25, 0.3) is 0 Å². The molecular weight excluding hydrogens is 288 g/mol. The highest BCUT2D eigenvalue weighted by Crippen LogP contribution is 2.29. The third kappa shape index (κ3) is 3.40. The van der Waals surface area contributed by atoms with Crippen molar-refractivity contribution in [2.24, 2.45) is 5.73 Å². The standard InChI is InChI=1S/C16H17ClN2O2/c1-9-10(2)19-6-5-13(9)11-3-4-12(14(17)7-11)8-15(18)16(20)21/h3-7,15H,8,18H2,1-2H3,(H,20,21)/t15-/m0/s1. The van der Waals surface area contributed by atoms with Crippen LogP contribution < -0.4 is 5.73 Å². The number of aromatic nitrogens is 1. The number of hydrogen-bond donors (Lipinski definition) is 2. The van der Waals surface area contributed by atoms with E-state index in [1.807, 2.05) is 38.1 Å². The van der Waals surface area contributed by atoms with Gasteiger partial charge in [0.05, 0.1) is 0 Å². The normalized spacial score (nSPS) is 12.2. The third-order valence-corrected chi connectivity index (χ3v) is 3.93. The Morgan fingerprint density at radius 2 is 2.10 bits per heavy atom. The number of pyridine rings is 1. The maximum atomic E-state index is 10.8. The molecule has 0 aliphatic heterocycles. The third-order valence-electron chi connectivity index (χ3n) is 3.58. The molecule has 1 aromatic heterocycles. The molecule has 0 fully saturated rings. The van der Waals surface area contributed by atoms with E-state index >= 15 is 0 Å². The molecular formula is C16H17ClN2O2. The van der Waals surface area contributed by atoms with Gasteiger partial charge in [0.15, 0.2) is 0 Å². The Balaban J connectivity index is 2.35. The number of benzene rings is 1. The van der Waals surface area contributed by atoms with Gasteiger partial charge in [-0.2, -0.15) is 0 Å². The highest BCUT2D eigenvalue weighted by molar-refractivity contribution is 6.31. The van der Waals surface area contributed by atoms with E-state index in [1.165, 1.54) is 0 Å². The van der Waals surface area contributed by atoms with Crippen LogP contribution in [0.25, 0.3) is 11.1 Å². The summed E-state index contributed by atoms with van der Waals surface area (Å²) in [6.45, 7) is 3.97. The minimum Gasteiger partial charge on any atom is -0.480 e. The number of nitrogens with zero attached hydrogens (tertiary/aromatic N) is 1. The van der Waals surface area contributed by atoms with Crippen molar-refractivity contribution in [3.05, 3.63) is 52.3 Å². The zero-order valence-corrected chi connectivity index (χ0v) is 12.7. The SMILES string of the molecule is Cc1nccc(-c2ccc(C[C@H](N)C(=O)O)c(Cl)c2)c1C. The molecule has 5 heteroatoms. The first kappa shape index (κ1) is 15.5. The summed E-state index contributed by atoms with van der Waals surface area (Å²) in [4.78, 5) is 15.1. The Kier molecular flexibility index (Phi) is 4.60. The van der Waals surface area contributed by atoms with Crippen LogP contribution in [0, 0.1) is 13.8 Å². The molecule has 0 unspecified atom stereocenters. The van der Waals surface area contributed by atoms with Crippen LogP contribution in [0.4, 0.5) is 0 Å². The molecule has 0 saturated heterocycles. The lowest BCUT2D eigenvalue weighted by Crippen LogP contribution is -2.32. The molecule has 0 saturated carbocycles. The van der Waals surface area contributed by atoms with Gasteiger partial charge in [0.1, 0.15) is 6.04 Å². The van der Waals surface area contributed by atoms with E-state index in [0.29, 0.717) is 5.02 Å². The first-order valence-corrected chi connectivity index (χ1v) is 6.97. The van der Waals surface area contributed by atoms with E-state index in [-0.39, 0.29) is 6.42 Å². The number of rotatable bonds is 4. The van der Waals surface area contributed by atoms with Gasteiger partial charge < -0.3 is 10.8 Å². The van der Waals surface area contributed by atoms with E-state index in [0.717, 1.165) is 27.9 Å². The Labute approximate surface area is 128 Å². The summed E-state index contributed by atoms with van der Waals surface area (Å²) in [5.41, 5.74) is 10.4. The second-order valence-electron chi connectivity index (χ2n) is 5.02. The van der Waals surface area contributed by atoms with Gasteiger partial charge in [0.2, 0.25) is 0 Å². The van der Waals surface area contributed by atoms with E-state index in [2.05, 4.69) is 4.98 Å². The fourth-order valence-electron chi connectivity index (χ4n) is 2.16. The number of halogens is 1. The summed E-state index contributed by atoms with van der Waals surface area (Å²) >= 11 is 6.26. The fraction of sp³-hybridized carbons (Fsp3) is 0.250. The molecule has 110 valence electrons. The molecule has 0 spiro atoms. The van der Waals surface area contributed by atoms with Crippen molar-refractivity contribution >= 4 is 17.6 Å². The van der Waals surface area contributed by atoms with Gasteiger partial charge in [-0.15, -0.1) is 0 Å². The summed E-state index contributed by atoms with van der Waals surface area (Å²) in [6.07, 6.45) is 1.97. The van der Waals surface area contributed by atoms with Crippen LogP contribution in [0.3, 0.4) is 0 Å². The van der Waals surface area contributed by atoms with E-state index in [9.17, 15) is 4.79 Å². The summed E-state index contributed by atoms with van der Waals surface area (Å²) in [5.74, 6) is -1.03. The molecule has 0 aliphatic rings. The molecule has 2 rings (SSSR count). The largest absolute Gasteiger partial charge is 0.480 e. The lowest BCUT2D eigenvalue weighted by molar-refractivity contribution is -0.138. The highest BCUT2D eigenvalue weighted by atomic mass is 35.5. The van der Waals surface area contributed by atoms with Crippen LogP contribution in [-0.2, 0) is 11.2 Å². The Morgan fingerprint density at radius 1 is 1.38 bits per heavy atom. The molecule has 0 aliphatic carbocycles. The fourth-order valence-corrected chi connectivity index (χ4v) is 2.42. The van der Waals surface area contributed by atoms with Crippen molar-refractivity contribution in [3.8, 4) is 11.1 Å². The van der Waals surface area contributed by atoms with Gasteiger partial charge in [-0.05, 0) is 54.7 Å². The van der Waals surface area contributed by atoms with Gasteiger partial charge in [0, 0.05) is 16.9 Å². The van der Waals surface area contributed by atoms with Crippen molar-refractivity contribution in [2.45, 2.75) is 26.3 Å². The second-order valence-corrected chi connectivity index (χ2v) is 5.43. The van der Waals surface area contributed by atoms with Crippen molar-refractivity contribution in [1.29, 1.82) is 0 Å². The lowest BCUT2D eigenvalue weighted by Gasteiger charge is -2.12. The minimum absolute atomic E-state index is 0.211. The maximum Gasteiger partial charge on any atom is 0.320 e. The summed E-state index contributed by atoms with van der Waals surface area (Å²) < 4.78 is 0. The van der Waals surface area contributed by atoms with Crippen LogP contribution in [0.1, 0.15) is 16.8 Å². The smallest absolute Gasteiger partial charge is 0.320 e. The first-order valence-electron chi connectivity index (χ1n) is 6.59. The number of carboxylic acids is 1. The quantitative estimate of drug-likeness (QED) is 0.910. The number of carboxylic acid groups (broad SMARTS) is 1. The van der Waals surface area contributed by atoms with Crippen molar-refractivity contribution in [3.63, 3.8) is 0 Å². The number of aliphatic carboxylic acids is 1. The summed E-state index contributed by atoms with van der Waals surface area (Å²) in [5, 5.41) is 9.38. The molecule has 0 bridgehead atoms. The van der Waals surface area contributed by atoms with Crippen LogP contribution in [-0.4, -0.2) is 22.1 Å². The zero-order valence-electron chi connectivity index (χ0n) is 11.9. The molecule has 1 aromatic carbocycles. The molecule has 3 N–H and O–H groups in total. The van der Waals surface area contributed by atoms with Crippen molar-refractivity contribution in [1.82, 2.24) is 4.98 Å². The van der Waals surface area contributed by atoms with E-state index in [4.69, 9.17) is 22.4 Å². The van der Waals surface area contributed by atoms with Gasteiger partial charge >= 0.3 is 5.97 Å². The van der Waals surface area contributed by atoms with Gasteiger partial charge in [-0.1, -0.05) is 23.7 Å². The molecule has 0 amide bonds. The average Bonchev–Trinajstić information content (AvgIpc) is 2.44. The highest BCUT2D eigenvalue weighted by Gasteiger charge is 2.15. The average molecular weight is 305 g/mol. The van der Waals surface area contributed by atoms with E-state index < -0.39 is 12.0 Å². The summed E-state index contributed by atoms with van der Waals surface area (Å²) in [6, 6.07) is 6.59. The number of hydrogen-bond acceptors (Lipinski definition) is 3.